The lowest BCUT2D eigenvalue weighted by Crippen LogP contribution is -2.29. The number of nitrogen functional groups attached to an aromatic ring is 1. The summed E-state index contributed by atoms with van der Waals surface area (Å²) in [6.07, 6.45) is 2.89. The second-order valence-electron chi connectivity index (χ2n) is 3.86. The summed E-state index contributed by atoms with van der Waals surface area (Å²) in [5.41, 5.74) is 6.55. The van der Waals surface area contributed by atoms with Crippen molar-refractivity contribution in [3.05, 3.63) is 24.0 Å². The minimum atomic E-state index is -0.191. The molecule has 0 radical (unpaired) electrons. The van der Waals surface area contributed by atoms with Crippen LogP contribution >= 0.6 is 0 Å². The number of aromatic nitrogens is 5. The monoisotopic (exact) mass is 249 g/mol. The molecule has 0 aromatic carbocycles. The van der Waals surface area contributed by atoms with Crippen LogP contribution in [0.2, 0.25) is 0 Å². The average molecular weight is 249 g/mol. The van der Waals surface area contributed by atoms with Gasteiger partial charge in [-0.15, -0.1) is 0 Å². The van der Waals surface area contributed by atoms with Crippen LogP contribution in [-0.2, 0) is 13.1 Å². The number of anilines is 1. The van der Waals surface area contributed by atoms with Crippen molar-refractivity contribution in [2.45, 2.75) is 20.0 Å². The van der Waals surface area contributed by atoms with Gasteiger partial charge in [-0.05, 0) is 6.92 Å². The van der Waals surface area contributed by atoms with Crippen molar-refractivity contribution in [1.82, 2.24) is 29.9 Å². The van der Waals surface area contributed by atoms with Gasteiger partial charge in [0.05, 0.1) is 18.4 Å². The summed E-state index contributed by atoms with van der Waals surface area (Å²) in [4.78, 5) is 17.7. The van der Waals surface area contributed by atoms with Crippen molar-refractivity contribution in [3.8, 4) is 0 Å². The first-order valence-electron chi connectivity index (χ1n) is 5.54. The number of aryl methyl sites for hydroxylation is 1. The highest BCUT2D eigenvalue weighted by atomic mass is 16.2. The topological polar surface area (TPSA) is 106 Å². The Morgan fingerprint density at radius 1 is 1.61 bits per heavy atom. The number of rotatable bonds is 4. The van der Waals surface area contributed by atoms with Crippen LogP contribution in [0.1, 0.15) is 23.2 Å². The Kier molecular flexibility index (Phi) is 3.26. The predicted molar refractivity (Wildman–Crippen MR) is 64.5 cm³/mol. The lowest BCUT2D eigenvalue weighted by Gasteiger charge is -2.16. The van der Waals surface area contributed by atoms with E-state index < -0.39 is 0 Å². The maximum Gasteiger partial charge on any atom is 0.274 e. The van der Waals surface area contributed by atoms with Gasteiger partial charge in [0.25, 0.3) is 5.91 Å². The summed E-state index contributed by atoms with van der Waals surface area (Å²) in [6.45, 7) is 2.83. The van der Waals surface area contributed by atoms with Crippen molar-refractivity contribution in [2.24, 2.45) is 0 Å². The third-order valence-corrected chi connectivity index (χ3v) is 2.57. The maximum atomic E-state index is 12.3. The van der Waals surface area contributed by atoms with E-state index in [1.807, 2.05) is 6.92 Å². The zero-order valence-corrected chi connectivity index (χ0v) is 10.3. The van der Waals surface area contributed by atoms with Crippen LogP contribution in [0, 0.1) is 0 Å². The van der Waals surface area contributed by atoms with Crippen LogP contribution < -0.4 is 5.73 Å². The Balaban J connectivity index is 2.17. The number of hydrogen-bond acceptors (Lipinski definition) is 5. The Labute approximate surface area is 104 Å². The summed E-state index contributed by atoms with van der Waals surface area (Å²) in [5, 5.41) is 10.5. The van der Waals surface area contributed by atoms with Crippen LogP contribution in [0.3, 0.4) is 0 Å². The number of aromatic amines is 1. The minimum absolute atomic E-state index is 0.191. The third-order valence-electron chi connectivity index (χ3n) is 2.57. The van der Waals surface area contributed by atoms with Gasteiger partial charge in [0.15, 0.2) is 0 Å². The molecule has 0 saturated heterocycles. The molecule has 3 N–H and O–H groups in total. The van der Waals surface area contributed by atoms with Crippen molar-refractivity contribution >= 4 is 11.6 Å². The van der Waals surface area contributed by atoms with Crippen LogP contribution in [0.25, 0.3) is 0 Å². The molecular formula is C10H15N7O. The first-order chi connectivity index (χ1) is 8.63. The predicted octanol–water partition coefficient (Wildman–Crippen LogP) is -0.124. The number of nitrogens with zero attached hydrogens (tertiary/aromatic N) is 5. The molecule has 0 spiro atoms. The first kappa shape index (κ1) is 12.1. The van der Waals surface area contributed by atoms with Gasteiger partial charge in [-0.25, -0.2) is 4.98 Å². The van der Waals surface area contributed by atoms with Crippen molar-refractivity contribution in [2.75, 3.05) is 12.8 Å². The van der Waals surface area contributed by atoms with Gasteiger partial charge in [0.1, 0.15) is 17.8 Å². The fourth-order valence-electron chi connectivity index (χ4n) is 1.66. The van der Waals surface area contributed by atoms with Gasteiger partial charge < -0.3 is 10.6 Å². The van der Waals surface area contributed by atoms with E-state index in [9.17, 15) is 4.79 Å². The molecule has 0 unspecified atom stereocenters. The van der Waals surface area contributed by atoms with Gasteiger partial charge in [-0.1, -0.05) is 0 Å². The second kappa shape index (κ2) is 4.86. The fourth-order valence-corrected chi connectivity index (χ4v) is 1.66. The van der Waals surface area contributed by atoms with E-state index >= 15 is 0 Å². The Morgan fingerprint density at radius 3 is 3.00 bits per heavy atom. The molecule has 0 fully saturated rings. The van der Waals surface area contributed by atoms with Gasteiger partial charge in [0.2, 0.25) is 0 Å². The standard InChI is InChI=1S/C10H15N7O/c1-3-17-9(7(11)4-14-17)10(18)16(2)5-8-12-6-13-15-8/h4,6H,3,5,11H2,1-2H3,(H,12,13,15). The van der Waals surface area contributed by atoms with E-state index in [4.69, 9.17) is 5.73 Å². The van der Waals surface area contributed by atoms with Gasteiger partial charge >= 0.3 is 0 Å². The molecule has 2 aromatic rings. The summed E-state index contributed by atoms with van der Waals surface area (Å²) >= 11 is 0. The zero-order chi connectivity index (χ0) is 13.1. The van der Waals surface area contributed by atoms with Crippen molar-refractivity contribution in [3.63, 3.8) is 0 Å². The molecule has 18 heavy (non-hydrogen) atoms. The highest BCUT2D eigenvalue weighted by Crippen LogP contribution is 2.13. The molecule has 8 nitrogen and oxygen atoms in total. The van der Waals surface area contributed by atoms with Crippen LogP contribution in [-0.4, -0.2) is 42.8 Å². The Hall–Kier alpha value is -2.38. The van der Waals surface area contributed by atoms with E-state index in [-0.39, 0.29) is 5.91 Å². The molecule has 96 valence electrons. The van der Waals surface area contributed by atoms with Crippen LogP contribution in [0.4, 0.5) is 5.69 Å². The smallest absolute Gasteiger partial charge is 0.274 e. The SMILES string of the molecule is CCn1ncc(N)c1C(=O)N(C)Cc1ncn[nH]1. The van der Waals surface area contributed by atoms with E-state index in [1.54, 1.807) is 11.7 Å². The molecule has 0 bridgehead atoms. The molecule has 0 aliphatic rings. The van der Waals surface area contributed by atoms with E-state index in [2.05, 4.69) is 20.3 Å². The number of H-pyrrole nitrogens is 1. The largest absolute Gasteiger partial charge is 0.396 e. The number of hydrogen-bond donors (Lipinski definition) is 2. The Morgan fingerprint density at radius 2 is 2.39 bits per heavy atom. The third kappa shape index (κ3) is 2.17. The average Bonchev–Trinajstić information content (AvgIpc) is 2.97. The molecule has 2 heterocycles. The van der Waals surface area contributed by atoms with Crippen LogP contribution in [0.5, 0.6) is 0 Å². The second-order valence-corrected chi connectivity index (χ2v) is 3.86. The van der Waals surface area contributed by atoms with E-state index in [1.165, 1.54) is 17.4 Å². The number of carbonyl (C=O) groups excluding carboxylic acids is 1. The van der Waals surface area contributed by atoms with E-state index in [0.717, 1.165) is 0 Å². The highest BCUT2D eigenvalue weighted by molar-refractivity contribution is 5.97. The minimum Gasteiger partial charge on any atom is -0.396 e. The Bertz CT molecular complexity index is 530. The molecular weight excluding hydrogens is 234 g/mol. The lowest BCUT2D eigenvalue weighted by atomic mass is 10.3. The quantitative estimate of drug-likeness (QED) is 0.785. The molecule has 0 atom stereocenters. The lowest BCUT2D eigenvalue weighted by molar-refractivity contribution is 0.0770. The number of nitrogens with two attached hydrogens (primary N) is 1. The number of carbonyl (C=O) groups is 1. The summed E-state index contributed by atoms with van der Waals surface area (Å²) in [6, 6.07) is 0. The van der Waals surface area contributed by atoms with Gasteiger partial charge in [-0.3, -0.25) is 14.6 Å². The summed E-state index contributed by atoms with van der Waals surface area (Å²) < 4.78 is 1.58. The number of nitrogens with one attached hydrogen (secondary N) is 1. The molecule has 2 aromatic heterocycles. The summed E-state index contributed by atoms with van der Waals surface area (Å²) in [5.74, 6) is 0.426. The summed E-state index contributed by atoms with van der Waals surface area (Å²) in [7, 11) is 1.68. The zero-order valence-electron chi connectivity index (χ0n) is 10.3. The molecule has 0 saturated carbocycles. The van der Waals surface area contributed by atoms with Crippen molar-refractivity contribution < 1.29 is 4.79 Å². The molecule has 0 aliphatic heterocycles. The first-order valence-corrected chi connectivity index (χ1v) is 5.54. The maximum absolute atomic E-state index is 12.3. The van der Waals surface area contributed by atoms with Gasteiger partial charge in [-0.2, -0.15) is 10.2 Å². The fraction of sp³-hybridized carbons (Fsp3) is 0.400. The molecule has 0 aliphatic carbocycles. The highest BCUT2D eigenvalue weighted by Gasteiger charge is 2.20. The van der Waals surface area contributed by atoms with Crippen molar-refractivity contribution in [1.29, 1.82) is 0 Å². The van der Waals surface area contributed by atoms with Gasteiger partial charge in [0, 0.05) is 13.6 Å². The normalized spacial score (nSPS) is 10.6. The molecule has 1 amide bonds. The molecule has 2 rings (SSSR count). The van der Waals surface area contributed by atoms with Crippen LogP contribution in [0.15, 0.2) is 12.5 Å². The molecule has 8 heteroatoms. The number of amides is 1. The van der Waals surface area contributed by atoms with E-state index in [0.29, 0.717) is 30.3 Å².